The number of nitrogens with one attached hydrogen (secondary N) is 1. The normalized spacial score (nSPS) is 15.5. The molecule has 1 unspecified atom stereocenters. The van der Waals surface area contributed by atoms with Crippen LogP contribution in [0.15, 0.2) is 53.1 Å². The van der Waals surface area contributed by atoms with Gasteiger partial charge in [0.05, 0.1) is 17.7 Å². The van der Waals surface area contributed by atoms with E-state index in [1.54, 1.807) is 6.07 Å². The number of aromatic nitrogens is 1. The van der Waals surface area contributed by atoms with Gasteiger partial charge in [0.1, 0.15) is 17.8 Å². The van der Waals surface area contributed by atoms with Crippen LogP contribution in [0.5, 0.6) is 0 Å². The molecule has 1 fully saturated rings. The number of aliphatic hydroxyl groups excluding tert-OH is 1. The quantitative estimate of drug-likeness (QED) is 0.354. The van der Waals surface area contributed by atoms with Gasteiger partial charge in [-0.2, -0.15) is 5.26 Å². The summed E-state index contributed by atoms with van der Waals surface area (Å²) in [6.45, 7) is 4.64. The molecular formula is C27H28N4O4. The van der Waals surface area contributed by atoms with E-state index in [4.69, 9.17) is 14.8 Å². The van der Waals surface area contributed by atoms with Crippen molar-refractivity contribution in [3.8, 4) is 6.07 Å². The first-order valence-electron chi connectivity index (χ1n) is 11.9. The largest absolute Gasteiger partial charge is 0.481 e. The number of piperazine rings is 1. The second-order valence-electron chi connectivity index (χ2n) is 9.11. The summed E-state index contributed by atoms with van der Waals surface area (Å²) in [7, 11) is 0. The zero-order valence-electron chi connectivity index (χ0n) is 19.4. The van der Waals surface area contributed by atoms with Gasteiger partial charge in [-0.3, -0.25) is 9.69 Å². The Morgan fingerprint density at radius 3 is 2.74 bits per heavy atom. The van der Waals surface area contributed by atoms with Crippen LogP contribution in [-0.2, 0) is 11.2 Å². The smallest absolute Gasteiger partial charge is 0.311 e. The topological polar surface area (TPSA) is 117 Å². The molecule has 3 heterocycles. The summed E-state index contributed by atoms with van der Waals surface area (Å²) >= 11 is 0. The number of carboxylic acid groups (broad SMARTS) is 1. The highest BCUT2D eigenvalue weighted by Crippen LogP contribution is 2.29. The third-order valence-corrected chi connectivity index (χ3v) is 6.77. The predicted molar refractivity (Wildman–Crippen MR) is 133 cm³/mol. The number of rotatable bonds is 8. The summed E-state index contributed by atoms with van der Waals surface area (Å²) in [5.41, 5.74) is 4.20. The average molecular weight is 473 g/mol. The summed E-state index contributed by atoms with van der Waals surface area (Å²) in [6.07, 6.45) is 2.72. The van der Waals surface area contributed by atoms with E-state index in [-0.39, 0.29) is 6.42 Å². The first-order chi connectivity index (χ1) is 17.0. The number of carboxylic acids is 1. The summed E-state index contributed by atoms with van der Waals surface area (Å²) in [5, 5.41) is 30.7. The number of nitrogens with zero attached hydrogens (tertiary/aromatic N) is 3. The molecule has 1 aliphatic rings. The standard InChI is InChI=1S/C27H28N4O4/c28-16-18-3-5-24-22(12-18)23(17-29-24)25(32)2-1-7-30-8-10-31(11-9-30)20-4-6-26-19(13-20)14-21(35-26)15-27(33)34/h3-6,12-14,17,25,29,32H,1-2,7-11,15H2,(H,33,34). The fourth-order valence-electron chi connectivity index (χ4n) is 4.90. The van der Waals surface area contributed by atoms with Gasteiger partial charge in [-0.1, -0.05) is 0 Å². The van der Waals surface area contributed by atoms with Gasteiger partial charge in [-0.25, -0.2) is 0 Å². The molecule has 0 radical (unpaired) electrons. The molecule has 4 aromatic rings. The summed E-state index contributed by atoms with van der Waals surface area (Å²) in [6, 6.07) is 15.5. The number of carbonyl (C=O) groups is 1. The molecule has 1 saturated heterocycles. The molecule has 2 aromatic carbocycles. The number of aliphatic hydroxyl groups is 1. The van der Waals surface area contributed by atoms with Gasteiger partial charge >= 0.3 is 5.97 Å². The number of aliphatic carboxylic acids is 1. The van der Waals surface area contributed by atoms with E-state index in [1.165, 1.54) is 0 Å². The van der Waals surface area contributed by atoms with Gasteiger partial charge in [-0.05, 0) is 61.9 Å². The van der Waals surface area contributed by atoms with Crippen LogP contribution in [0, 0.1) is 11.3 Å². The molecule has 1 atom stereocenters. The number of anilines is 1. The molecule has 180 valence electrons. The van der Waals surface area contributed by atoms with Crippen molar-refractivity contribution < 1.29 is 19.4 Å². The van der Waals surface area contributed by atoms with Crippen molar-refractivity contribution in [2.45, 2.75) is 25.4 Å². The molecule has 2 aromatic heterocycles. The number of nitriles is 1. The Balaban J connectivity index is 1.12. The van der Waals surface area contributed by atoms with E-state index in [0.717, 1.165) is 66.7 Å². The molecule has 8 heteroatoms. The highest BCUT2D eigenvalue weighted by molar-refractivity contribution is 5.85. The van der Waals surface area contributed by atoms with Gasteiger partial charge in [-0.15, -0.1) is 0 Å². The maximum absolute atomic E-state index is 10.9. The third kappa shape index (κ3) is 5.02. The molecule has 0 saturated carbocycles. The van der Waals surface area contributed by atoms with E-state index in [1.807, 2.05) is 36.5 Å². The monoisotopic (exact) mass is 472 g/mol. The van der Waals surface area contributed by atoms with Crippen LogP contribution in [0.3, 0.4) is 0 Å². The van der Waals surface area contributed by atoms with Gasteiger partial charge in [0, 0.05) is 59.9 Å². The fraction of sp³-hybridized carbons (Fsp3) is 0.333. The lowest BCUT2D eigenvalue weighted by atomic mass is 10.0. The lowest BCUT2D eigenvalue weighted by Crippen LogP contribution is -2.46. The molecule has 8 nitrogen and oxygen atoms in total. The minimum absolute atomic E-state index is 0.113. The third-order valence-electron chi connectivity index (χ3n) is 6.77. The molecule has 0 aliphatic carbocycles. The van der Waals surface area contributed by atoms with Crippen LogP contribution in [0.4, 0.5) is 5.69 Å². The zero-order valence-corrected chi connectivity index (χ0v) is 19.4. The number of hydrogen-bond acceptors (Lipinski definition) is 6. The first kappa shape index (κ1) is 23.0. The van der Waals surface area contributed by atoms with Crippen molar-refractivity contribution >= 4 is 33.5 Å². The lowest BCUT2D eigenvalue weighted by Gasteiger charge is -2.36. The summed E-state index contributed by atoms with van der Waals surface area (Å²) < 4.78 is 5.62. The summed E-state index contributed by atoms with van der Waals surface area (Å²) in [4.78, 5) is 18.9. The van der Waals surface area contributed by atoms with E-state index >= 15 is 0 Å². The van der Waals surface area contributed by atoms with Gasteiger partial charge in [0.25, 0.3) is 0 Å². The molecule has 0 bridgehead atoms. The number of hydrogen-bond donors (Lipinski definition) is 3. The molecule has 35 heavy (non-hydrogen) atoms. The van der Waals surface area contributed by atoms with Crippen LogP contribution in [0.2, 0.25) is 0 Å². The van der Waals surface area contributed by atoms with Crippen molar-refractivity contribution in [2.75, 3.05) is 37.6 Å². The van der Waals surface area contributed by atoms with Crippen LogP contribution < -0.4 is 4.90 Å². The predicted octanol–water partition coefficient (Wildman–Crippen LogP) is 4.05. The molecule has 1 aliphatic heterocycles. The highest BCUT2D eigenvalue weighted by Gasteiger charge is 2.19. The van der Waals surface area contributed by atoms with Crippen molar-refractivity contribution in [2.24, 2.45) is 0 Å². The van der Waals surface area contributed by atoms with E-state index in [2.05, 4.69) is 26.9 Å². The van der Waals surface area contributed by atoms with Crippen LogP contribution >= 0.6 is 0 Å². The second kappa shape index (κ2) is 9.82. The molecule has 5 rings (SSSR count). The molecule has 3 N–H and O–H groups in total. The molecule has 0 amide bonds. The van der Waals surface area contributed by atoms with E-state index in [9.17, 15) is 9.90 Å². The Kier molecular flexibility index (Phi) is 6.45. The van der Waals surface area contributed by atoms with Gasteiger partial charge in [0.15, 0.2) is 0 Å². The second-order valence-corrected chi connectivity index (χ2v) is 9.11. The minimum atomic E-state index is -0.900. The maximum atomic E-state index is 10.9. The Labute approximate surface area is 203 Å². The van der Waals surface area contributed by atoms with Crippen molar-refractivity contribution in [1.29, 1.82) is 5.26 Å². The summed E-state index contributed by atoms with van der Waals surface area (Å²) in [5.74, 6) is -0.433. The van der Waals surface area contributed by atoms with Gasteiger partial charge < -0.3 is 24.5 Å². The minimum Gasteiger partial charge on any atom is -0.481 e. The van der Waals surface area contributed by atoms with Crippen molar-refractivity contribution in [1.82, 2.24) is 9.88 Å². The van der Waals surface area contributed by atoms with Crippen LogP contribution in [0.25, 0.3) is 21.9 Å². The van der Waals surface area contributed by atoms with Crippen LogP contribution in [-0.4, -0.2) is 58.8 Å². The van der Waals surface area contributed by atoms with Crippen LogP contribution in [0.1, 0.15) is 35.8 Å². The fourth-order valence-corrected chi connectivity index (χ4v) is 4.90. The number of aromatic amines is 1. The van der Waals surface area contributed by atoms with E-state index in [0.29, 0.717) is 23.3 Å². The number of H-pyrrole nitrogens is 1. The SMILES string of the molecule is N#Cc1ccc2[nH]cc(C(O)CCCN3CCN(c4ccc5oc(CC(=O)O)cc5c4)CC3)c2c1. The Morgan fingerprint density at radius 2 is 1.97 bits per heavy atom. The van der Waals surface area contributed by atoms with Crippen molar-refractivity contribution in [3.05, 3.63) is 65.5 Å². The number of furan rings is 1. The number of benzene rings is 2. The number of fused-ring (bicyclic) bond motifs is 2. The molecular weight excluding hydrogens is 444 g/mol. The van der Waals surface area contributed by atoms with E-state index < -0.39 is 12.1 Å². The Morgan fingerprint density at radius 1 is 1.14 bits per heavy atom. The molecule has 0 spiro atoms. The Bertz CT molecular complexity index is 1390. The lowest BCUT2D eigenvalue weighted by molar-refractivity contribution is -0.136. The Hall–Kier alpha value is -3.80. The van der Waals surface area contributed by atoms with Crippen molar-refractivity contribution in [3.63, 3.8) is 0 Å². The highest BCUT2D eigenvalue weighted by atomic mass is 16.4. The zero-order chi connectivity index (χ0) is 24.4. The maximum Gasteiger partial charge on any atom is 0.311 e. The first-order valence-corrected chi connectivity index (χ1v) is 11.9. The van der Waals surface area contributed by atoms with Gasteiger partial charge in [0.2, 0.25) is 0 Å². The average Bonchev–Trinajstić information content (AvgIpc) is 3.46.